The van der Waals surface area contributed by atoms with Crippen LogP contribution in [0, 0.1) is 6.92 Å². The second-order valence-electron chi connectivity index (χ2n) is 7.85. The van der Waals surface area contributed by atoms with Crippen molar-refractivity contribution in [2.75, 3.05) is 72.6 Å². The van der Waals surface area contributed by atoms with Gasteiger partial charge >= 0.3 is 56.4 Å². The first kappa shape index (κ1) is 58.2. The summed E-state index contributed by atoms with van der Waals surface area (Å²) in [6.45, 7) is 21.1. The van der Waals surface area contributed by atoms with Gasteiger partial charge in [-0.05, 0) is 12.8 Å². The number of halogens is 2. The minimum Gasteiger partial charge on any atom is -0.679 e. The summed E-state index contributed by atoms with van der Waals surface area (Å²) in [4.78, 5) is 10.6. The van der Waals surface area contributed by atoms with Crippen LogP contribution in [0.2, 0.25) is 0 Å². The van der Waals surface area contributed by atoms with E-state index in [4.69, 9.17) is 32.6 Å². The third-order valence-electron chi connectivity index (χ3n) is 4.39. The SMILES string of the molecule is CC.CCCCCCCON1CCNCC1.CCCCCCCONC.CC[NH-].[CH2-]CC[NH-].[Cl][Pt].[Cl][Pt].[NH-]CC[NH-]. The Labute approximate surface area is 287 Å². The van der Waals surface area contributed by atoms with Crippen LogP contribution in [-0.2, 0) is 47.2 Å². The van der Waals surface area contributed by atoms with Gasteiger partial charge in [0.05, 0.1) is 13.2 Å². The van der Waals surface area contributed by atoms with Gasteiger partial charge in [0.2, 0.25) is 0 Å². The zero-order valence-corrected chi connectivity index (χ0v) is 33.3. The van der Waals surface area contributed by atoms with Gasteiger partial charge in [-0.1, -0.05) is 86.0 Å². The second-order valence-corrected chi connectivity index (χ2v) is 7.85. The Bertz CT molecular complexity index is 307. The van der Waals surface area contributed by atoms with Gasteiger partial charge in [-0.3, -0.25) is 4.84 Å². The molecule has 6 N–H and O–H groups in total. The smallest absolute Gasteiger partial charge is 0.171 e. The number of hydroxylamine groups is 3. The Kier molecular flexibility index (Phi) is 111. The van der Waals surface area contributed by atoms with Crippen LogP contribution in [0.5, 0.6) is 0 Å². The van der Waals surface area contributed by atoms with E-state index in [0.29, 0.717) is 13.1 Å². The molecule has 1 aliphatic rings. The van der Waals surface area contributed by atoms with Crippen molar-refractivity contribution in [2.24, 2.45) is 0 Å². The summed E-state index contributed by atoms with van der Waals surface area (Å²) in [5.74, 6) is 0. The summed E-state index contributed by atoms with van der Waals surface area (Å²) in [6, 6.07) is 0. The van der Waals surface area contributed by atoms with E-state index in [-0.39, 0.29) is 13.1 Å². The van der Waals surface area contributed by atoms with Crippen molar-refractivity contribution < 1.29 is 47.2 Å². The van der Waals surface area contributed by atoms with E-state index in [1.54, 1.807) is 51.5 Å². The fourth-order valence-corrected chi connectivity index (χ4v) is 2.55. The summed E-state index contributed by atoms with van der Waals surface area (Å²) >= 11 is 3.22. The summed E-state index contributed by atoms with van der Waals surface area (Å²) < 4.78 is 0. The molecular weight excluding hydrogens is 927 g/mol. The van der Waals surface area contributed by atoms with Crippen LogP contribution in [-0.4, -0.2) is 77.7 Å². The van der Waals surface area contributed by atoms with Gasteiger partial charge < -0.3 is 40.0 Å². The molecule has 1 saturated heterocycles. The van der Waals surface area contributed by atoms with Gasteiger partial charge in [-0.25, -0.2) is 11.9 Å². The molecule has 0 unspecified atom stereocenters. The van der Waals surface area contributed by atoms with E-state index < -0.39 is 0 Å². The molecule has 0 aromatic heterocycles. The minimum atomic E-state index is 0.236. The van der Waals surface area contributed by atoms with Crippen LogP contribution in [0.3, 0.4) is 0 Å². The topological polar surface area (TPSA) is 141 Å². The first-order valence-corrected chi connectivity index (χ1v) is 20.7. The summed E-state index contributed by atoms with van der Waals surface area (Å²) in [5, 5.41) is 5.40. The van der Waals surface area contributed by atoms with Crippen LogP contribution < -0.4 is 10.8 Å². The largest absolute Gasteiger partial charge is 0.679 e. The molecule has 0 bridgehead atoms. The molecule has 0 atom stereocenters. The molecule has 0 saturated carbocycles. The number of hydrogen-bond acceptors (Lipinski definition) is 5. The molecule has 266 valence electrons. The third kappa shape index (κ3) is 92.2. The number of unbranched alkanes of at least 4 members (excludes halogenated alkanes) is 8. The molecule has 0 amide bonds. The first-order chi connectivity index (χ1) is 20.1. The average molecular weight is 996 g/mol. The quantitative estimate of drug-likeness (QED) is 0.0901. The molecule has 0 aliphatic carbocycles. The van der Waals surface area contributed by atoms with Crippen LogP contribution in [0.1, 0.15) is 105 Å². The monoisotopic (exact) mass is 994 g/mol. The Morgan fingerprint density at radius 1 is 0.732 bits per heavy atom. The molecular formula is C28H68Cl2N7O2Pt2-5. The number of piperazine rings is 1. The van der Waals surface area contributed by atoms with Crippen molar-refractivity contribution in [1.82, 2.24) is 15.9 Å². The normalized spacial score (nSPS) is 11.2. The minimum absolute atomic E-state index is 0.236. The fourth-order valence-electron chi connectivity index (χ4n) is 2.55. The molecule has 13 heteroatoms. The molecule has 0 spiro atoms. The number of rotatable bonds is 16. The molecule has 1 aliphatic heterocycles. The van der Waals surface area contributed by atoms with Gasteiger partial charge in [0.1, 0.15) is 0 Å². The first-order valence-electron chi connectivity index (χ1n) is 15.1. The Balaban J connectivity index is -0.0000000748. The van der Waals surface area contributed by atoms with Crippen molar-refractivity contribution in [1.29, 1.82) is 0 Å². The molecule has 0 aromatic carbocycles. The molecule has 41 heavy (non-hydrogen) atoms. The third-order valence-corrected chi connectivity index (χ3v) is 4.39. The second kappa shape index (κ2) is 78.3. The van der Waals surface area contributed by atoms with Crippen molar-refractivity contribution in [3.8, 4) is 0 Å². The number of hydrogen-bond donors (Lipinski definition) is 2. The van der Waals surface area contributed by atoms with Crippen molar-refractivity contribution in [2.45, 2.75) is 105 Å². The van der Waals surface area contributed by atoms with E-state index >= 15 is 0 Å². The van der Waals surface area contributed by atoms with Gasteiger partial charge in [-0.2, -0.15) is 31.2 Å². The molecule has 9 nitrogen and oxygen atoms in total. The Hall–Kier alpha value is 1.60. The summed E-state index contributed by atoms with van der Waals surface area (Å²) in [7, 11) is 11.0. The molecule has 0 radical (unpaired) electrons. The van der Waals surface area contributed by atoms with Gasteiger partial charge in [-0.15, -0.1) is 0 Å². The molecule has 1 rings (SSSR count). The van der Waals surface area contributed by atoms with Crippen molar-refractivity contribution in [3.63, 3.8) is 0 Å². The van der Waals surface area contributed by atoms with Crippen molar-refractivity contribution in [3.05, 3.63) is 29.9 Å². The number of nitrogens with one attached hydrogen (secondary N) is 6. The molecule has 1 heterocycles. The maximum atomic E-state index is 6.39. The van der Waals surface area contributed by atoms with Crippen LogP contribution in [0.4, 0.5) is 0 Å². The van der Waals surface area contributed by atoms with E-state index in [1.807, 2.05) is 13.8 Å². The maximum Gasteiger partial charge on any atom is -0.171 e. The molecule has 0 aromatic rings. The van der Waals surface area contributed by atoms with Crippen LogP contribution in [0.25, 0.3) is 22.9 Å². The van der Waals surface area contributed by atoms with Gasteiger partial charge in [0, 0.05) is 33.2 Å². The predicted octanol–water partition coefficient (Wildman–Crippen LogP) is 9.71. The summed E-state index contributed by atoms with van der Waals surface area (Å²) in [6.07, 6.45) is 13.8. The van der Waals surface area contributed by atoms with Crippen LogP contribution >= 0.6 is 18.8 Å². The predicted molar refractivity (Wildman–Crippen MR) is 178 cm³/mol. The Morgan fingerprint density at radius 2 is 1.10 bits per heavy atom. The van der Waals surface area contributed by atoms with E-state index in [9.17, 15) is 0 Å². The van der Waals surface area contributed by atoms with Crippen molar-refractivity contribution >= 4 is 18.8 Å². The van der Waals surface area contributed by atoms with Gasteiger partial charge in [0.15, 0.2) is 0 Å². The summed E-state index contributed by atoms with van der Waals surface area (Å²) in [5.41, 5.74) is 27.8. The zero-order valence-electron chi connectivity index (χ0n) is 27.2. The van der Waals surface area contributed by atoms with Crippen LogP contribution in [0.15, 0.2) is 0 Å². The van der Waals surface area contributed by atoms with E-state index in [1.165, 1.54) is 64.2 Å². The molecule has 1 fully saturated rings. The fraction of sp³-hybridized carbons (Fsp3) is 0.964. The maximum absolute atomic E-state index is 6.39. The van der Waals surface area contributed by atoms with E-state index in [0.717, 1.165) is 45.8 Å². The average Bonchev–Trinajstić information content (AvgIpc) is 3.05. The van der Waals surface area contributed by atoms with E-state index in [2.05, 4.69) is 55.5 Å². The number of nitrogens with zero attached hydrogens (tertiary/aromatic N) is 1. The van der Waals surface area contributed by atoms with Gasteiger partial charge in [0.25, 0.3) is 0 Å². The standard InChI is InChI=1S/C11H24N2O.C8H19NO.C3H7N.C2H6N2.C2H6N.C2H6.2ClH.2Pt/c1-2-3-4-5-6-11-14-13-9-7-12-8-10-13;1-3-4-5-6-7-8-10-9-2;1-2-3-4;3-1-2-4;1-2-3;1-2;;;;/h12H,2-11H2,1H3;9H,3-8H2,1-2H3;4H,1-3H2;3-4H,1-2H2;3H,2H2,1H3;1-2H3;2*1H;;/q;;2*-2;-1;;;;2*+1/p-2. The zero-order chi connectivity index (χ0) is 33.3. The Morgan fingerprint density at radius 3 is 1.41 bits per heavy atom.